The number of para-hydroxylation sites is 1. The lowest BCUT2D eigenvalue weighted by molar-refractivity contribution is -0.111. The van der Waals surface area contributed by atoms with Crippen LogP contribution in [0, 0.1) is 11.3 Å². The van der Waals surface area contributed by atoms with E-state index in [4.69, 9.17) is 14.2 Å². The van der Waals surface area contributed by atoms with E-state index in [1.165, 1.54) is 17.4 Å². The van der Waals surface area contributed by atoms with E-state index in [1.807, 2.05) is 31.2 Å². The highest BCUT2D eigenvalue weighted by atomic mass is 32.1. The van der Waals surface area contributed by atoms with Crippen LogP contribution < -0.4 is 10.1 Å². The third kappa shape index (κ3) is 5.66. The van der Waals surface area contributed by atoms with E-state index in [1.54, 1.807) is 18.1 Å². The van der Waals surface area contributed by atoms with E-state index in [2.05, 4.69) is 11.4 Å². The van der Waals surface area contributed by atoms with Gasteiger partial charge < -0.3 is 24.4 Å². The number of anilines is 1. The molecule has 0 saturated carbocycles. The molecule has 32 heavy (non-hydrogen) atoms. The van der Waals surface area contributed by atoms with Crippen LogP contribution in [0.4, 0.5) is 9.80 Å². The zero-order valence-electron chi connectivity index (χ0n) is 18.1. The average Bonchev–Trinajstić information content (AvgIpc) is 3.14. The molecule has 0 atom stereocenters. The fourth-order valence-electron chi connectivity index (χ4n) is 3.29. The maximum atomic E-state index is 12.5. The minimum absolute atomic E-state index is 0.187. The summed E-state index contributed by atoms with van der Waals surface area (Å²) in [6.07, 6.45) is 3.21. The highest BCUT2D eigenvalue weighted by molar-refractivity contribution is 7.16. The first-order valence-corrected chi connectivity index (χ1v) is 11.0. The molecule has 0 aliphatic carbocycles. The van der Waals surface area contributed by atoms with E-state index in [0.717, 1.165) is 16.0 Å². The Labute approximate surface area is 191 Å². The van der Waals surface area contributed by atoms with Gasteiger partial charge in [0.2, 0.25) is 5.91 Å². The van der Waals surface area contributed by atoms with Crippen molar-refractivity contribution in [2.75, 3.05) is 38.8 Å². The van der Waals surface area contributed by atoms with Crippen LogP contribution in [0.5, 0.6) is 5.75 Å². The molecule has 168 valence electrons. The Kier molecular flexibility index (Phi) is 8.25. The van der Waals surface area contributed by atoms with Crippen molar-refractivity contribution >= 4 is 34.4 Å². The summed E-state index contributed by atoms with van der Waals surface area (Å²) in [4.78, 5) is 27.2. The number of benzene rings is 1. The number of nitrogens with zero attached hydrogens (tertiary/aromatic N) is 2. The van der Waals surface area contributed by atoms with Gasteiger partial charge in [0.1, 0.15) is 23.4 Å². The molecule has 2 heterocycles. The lowest BCUT2D eigenvalue weighted by Crippen LogP contribution is -2.36. The molecule has 9 heteroatoms. The number of nitriles is 1. The zero-order chi connectivity index (χ0) is 22.9. The summed E-state index contributed by atoms with van der Waals surface area (Å²) in [6.45, 7) is 3.74. The third-order valence-corrected chi connectivity index (χ3v) is 5.94. The van der Waals surface area contributed by atoms with Gasteiger partial charge in [-0.25, -0.2) is 4.79 Å². The minimum Gasteiger partial charge on any atom is -0.493 e. The Morgan fingerprint density at radius 2 is 2.12 bits per heavy atom. The molecule has 0 bridgehead atoms. The van der Waals surface area contributed by atoms with Crippen LogP contribution in [-0.4, -0.2) is 50.4 Å². The number of rotatable bonds is 8. The molecule has 1 aliphatic rings. The van der Waals surface area contributed by atoms with Crippen LogP contribution in [0.25, 0.3) is 6.08 Å². The molecule has 0 unspecified atom stereocenters. The molecule has 8 nitrogen and oxygen atoms in total. The van der Waals surface area contributed by atoms with Gasteiger partial charge in [0.25, 0.3) is 0 Å². The van der Waals surface area contributed by atoms with E-state index in [9.17, 15) is 14.9 Å². The molecule has 0 saturated heterocycles. The van der Waals surface area contributed by atoms with E-state index >= 15 is 0 Å². The highest BCUT2D eigenvalue weighted by Crippen LogP contribution is 2.36. The first-order chi connectivity index (χ1) is 15.6. The normalized spacial score (nSPS) is 12.8. The number of methoxy groups -OCH3 is 1. The number of thiophene rings is 1. The minimum atomic E-state index is -0.416. The first-order valence-electron chi connectivity index (χ1n) is 10.2. The second kappa shape index (κ2) is 11.3. The summed E-state index contributed by atoms with van der Waals surface area (Å²) in [5.41, 5.74) is 2.12. The van der Waals surface area contributed by atoms with Gasteiger partial charge in [-0.05, 0) is 31.1 Å². The molecule has 1 aromatic heterocycles. The molecule has 1 N–H and O–H groups in total. The molecule has 1 aromatic carbocycles. The number of fused-ring (bicyclic) bond motifs is 1. The zero-order valence-corrected chi connectivity index (χ0v) is 18.9. The number of hydrogen-bond acceptors (Lipinski definition) is 7. The monoisotopic (exact) mass is 455 g/mol. The highest BCUT2D eigenvalue weighted by Gasteiger charge is 2.28. The van der Waals surface area contributed by atoms with Crippen molar-refractivity contribution in [3.05, 3.63) is 51.9 Å². The molecular weight excluding hydrogens is 430 g/mol. The van der Waals surface area contributed by atoms with Gasteiger partial charge in [0, 0.05) is 30.2 Å². The van der Waals surface area contributed by atoms with Crippen molar-refractivity contribution in [2.45, 2.75) is 19.9 Å². The van der Waals surface area contributed by atoms with Gasteiger partial charge in [0.15, 0.2) is 0 Å². The fraction of sp³-hybridized carbons (Fsp3) is 0.348. The van der Waals surface area contributed by atoms with Crippen LogP contribution in [0.2, 0.25) is 0 Å². The van der Waals surface area contributed by atoms with Crippen molar-refractivity contribution < 1.29 is 23.8 Å². The number of carbonyl (C=O) groups is 2. The van der Waals surface area contributed by atoms with Gasteiger partial charge in [-0.15, -0.1) is 11.3 Å². The molecule has 0 fully saturated rings. The summed E-state index contributed by atoms with van der Waals surface area (Å²) in [6, 6.07) is 9.64. The summed E-state index contributed by atoms with van der Waals surface area (Å²) in [5, 5.41) is 12.9. The number of carbonyl (C=O) groups excluding carboxylic acids is 2. The first kappa shape index (κ1) is 23.3. The van der Waals surface area contributed by atoms with Crippen LogP contribution in [0.15, 0.2) is 30.3 Å². The van der Waals surface area contributed by atoms with E-state index in [0.29, 0.717) is 49.0 Å². The Bertz CT molecular complexity index is 1040. The number of ether oxygens (including phenoxy) is 3. The number of hydrogen-bond donors (Lipinski definition) is 1. The van der Waals surface area contributed by atoms with Gasteiger partial charge in [-0.2, -0.15) is 5.26 Å². The smallest absolute Gasteiger partial charge is 0.410 e. The molecule has 0 spiro atoms. The van der Waals surface area contributed by atoms with Gasteiger partial charge >= 0.3 is 6.09 Å². The lowest BCUT2D eigenvalue weighted by Gasteiger charge is -2.26. The Balaban J connectivity index is 1.69. The summed E-state index contributed by atoms with van der Waals surface area (Å²) >= 11 is 1.31. The summed E-state index contributed by atoms with van der Waals surface area (Å²) in [7, 11) is 1.54. The second-order valence-electron chi connectivity index (χ2n) is 6.89. The van der Waals surface area contributed by atoms with E-state index < -0.39 is 6.09 Å². The quantitative estimate of drug-likeness (QED) is 0.480. The molecule has 3 rings (SSSR count). The molecule has 1 aliphatic heterocycles. The number of amides is 2. The van der Waals surface area contributed by atoms with Crippen LogP contribution in [-0.2, 0) is 27.2 Å². The summed E-state index contributed by atoms with van der Waals surface area (Å²) < 4.78 is 15.6. The van der Waals surface area contributed by atoms with Crippen molar-refractivity contribution in [2.24, 2.45) is 0 Å². The maximum Gasteiger partial charge on any atom is 0.410 e. The molecule has 2 aromatic rings. The fourth-order valence-corrected chi connectivity index (χ4v) is 4.51. The third-order valence-electron chi connectivity index (χ3n) is 4.81. The van der Waals surface area contributed by atoms with Gasteiger partial charge in [-0.1, -0.05) is 18.2 Å². The summed E-state index contributed by atoms with van der Waals surface area (Å²) in [5.74, 6) is 0.350. The van der Waals surface area contributed by atoms with Crippen molar-refractivity contribution in [1.82, 2.24) is 4.90 Å². The van der Waals surface area contributed by atoms with Crippen molar-refractivity contribution in [3.63, 3.8) is 0 Å². The topological polar surface area (TPSA) is 101 Å². The van der Waals surface area contributed by atoms with E-state index in [-0.39, 0.29) is 12.5 Å². The van der Waals surface area contributed by atoms with Gasteiger partial charge in [-0.3, -0.25) is 4.79 Å². The van der Waals surface area contributed by atoms with Crippen LogP contribution in [0.3, 0.4) is 0 Å². The largest absolute Gasteiger partial charge is 0.493 e. The average molecular weight is 456 g/mol. The Morgan fingerprint density at radius 1 is 1.31 bits per heavy atom. The second-order valence-corrected chi connectivity index (χ2v) is 8.00. The molecule has 2 amide bonds. The Hall–Kier alpha value is -3.35. The standard InChI is InChI=1S/C23H25N3O5S/c1-3-30-19-7-5-4-6-16(19)8-9-21(27)25-22-18(14-24)17-10-11-26(15-20(17)32-22)23(28)31-13-12-29-2/h4-9H,3,10-13,15H2,1-2H3,(H,25,27). The molecular formula is C23H25N3O5S. The van der Waals surface area contributed by atoms with Crippen molar-refractivity contribution in [1.29, 1.82) is 5.26 Å². The number of nitrogens with one attached hydrogen (secondary N) is 1. The predicted molar refractivity (Wildman–Crippen MR) is 122 cm³/mol. The van der Waals surface area contributed by atoms with Crippen LogP contribution in [0.1, 0.15) is 28.5 Å². The SMILES string of the molecule is CCOc1ccccc1C=CC(=O)Nc1sc2c(c1C#N)CCN(C(=O)OCCOC)C2. The maximum absolute atomic E-state index is 12.5. The predicted octanol–water partition coefficient (Wildman–Crippen LogP) is 3.81. The van der Waals surface area contributed by atoms with Gasteiger partial charge in [0.05, 0.1) is 25.3 Å². The molecule has 0 radical (unpaired) electrons. The van der Waals surface area contributed by atoms with Crippen LogP contribution >= 0.6 is 11.3 Å². The Morgan fingerprint density at radius 3 is 2.88 bits per heavy atom. The lowest BCUT2D eigenvalue weighted by atomic mass is 10.0. The van der Waals surface area contributed by atoms with Crippen molar-refractivity contribution in [3.8, 4) is 11.8 Å².